The number of halogens is 2. The van der Waals surface area contributed by atoms with Gasteiger partial charge in [0.2, 0.25) is 0 Å². The third kappa shape index (κ3) is 3.16. The van der Waals surface area contributed by atoms with Crippen LogP contribution in [0.25, 0.3) is 0 Å². The minimum absolute atomic E-state index is 0.0531. The monoisotopic (exact) mass is 404 g/mol. The van der Waals surface area contributed by atoms with E-state index in [1.165, 1.54) is 12.1 Å². The van der Waals surface area contributed by atoms with E-state index in [0.717, 1.165) is 10.5 Å². The van der Waals surface area contributed by atoms with E-state index in [1.54, 1.807) is 24.3 Å². The zero-order valence-electron chi connectivity index (χ0n) is 12.5. The Morgan fingerprint density at radius 2 is 1.60 bits per heavy atom. The molecule has 0 fully saturated rings. The lowest BCUT2D eigenvalue weighted by Crippen LogP contribution is -2.36. The molecule has 3 N–H and O–H groups in total. The van der Waals surface area contributed by atoms with Gasteiger partial charge in [0.25, 0.3) is 10.9 Å². The third-order valence-corrected chi connectivity index (χ3v) is 3.99. The van der Waals surface area contributed by atoms with Gasteiger partial charge in [-0.15, -0.1) is 0 Å². The fourth-order valence-electron chi connectivity index (χ4n) is 2.30. The largest absolute Gasteiger partial charge is 0.478 e. The van der Waals surface area contributed by atoms with E-state index in [-0.39, 0.29) is 22.6 Å². The van der Waals surface area contributed by atoms with E-state index in [1.807, 2.05) is 0 Å². The fraction of sp³-hybridized carbons (Fsp3) is 0. The molecule has 0 aliphatic rings. The summed E-state index contributed by atoms with van der Waals surface area (Å²) in [6.45, 7) is 0. The second kappa shape index (κ2) is 6.48. The Morgan fingerprint density at radius 1 is 0.960 bits per heavy atom. The third-order valence-electron chi connectivity index (χ3n) is 3.50. The van der Waals surface area contributed by atoms with Crippen LogP contribution in [0.2, 0.25) is 0 Å². The SMILES string of the molecule is O=C(O)c1cccc(F)c1Nc1c(Nc2cccc(Br)c2)c(=O)c1=O. The van der Waals surface area contributed by atoms with Crippen molar-refractivity contribution in [3.05, 3.63) is 78.8 Å². The number of hydrogen-bond donors (Lipinski definition) is 3. The maximum absolute atomic E-state index is 14.0. The lowest BCUT2D eigenvalue weighted by molar-refractivity contribution is 0.0697. The molecule has 0 radical (unpaired) electrons. The number of nitrogens with one attached hydrogen (secondary N) is 2. The smallest absolute Gasteiger partial charge is 0.337 e. The standard InChI is InChI=1S/C17H10BrFN2O4/c18-8-3-1-4-9(7-8)20-13-14(16(23)15(13)22)21-12-10(17(24)25)5-2-6-11(12)19/h1-7,20-21H,(H,24,25). The molecule has 0 saturated heterocycles. The Labute approximate surface area is 148 Å². The summed E-state index contributed by atoms with van der Waals surface area (Å²) in [5.41, 5.74) is -2.04. The van der Waals surface area contributed by atoms with Crippen LogP contribution in [0, 0.1) is 5.82 Å². The molecule has 0 aliphatic heterocycles. The average molecular weight is 405 g/mol. The maximum atomic E-state index is 14.0. The summed E-state index contributed by atoms with van der Waals surface area (Å²) in [5, 5.41) is 14.4. The van der Waals surface area contributed by atoms with Gasteiger partial charge in [-0.1, -0.05) is 28.1 Å². The van der Waals surface area contributed by atoms with Gasteiger partial charge in [0, 0.05) is 10.2 Å². The molecule has 0 spiro atoms. The van der Waals surface area contributed by atoms with Crippen LogP contribution in [0.1, 0.15) is 10.4 Å². The molecular weight excluding hydrogens is 395 g/mol. The maximum Gasteiger partial charge on any atom is 0.337 e. The van der Waals surface area contributed by atoms with Crippen molar-refractivity contribution >= 4 is 44.6 Å². The van der Waals surface area contributed by atoms with Crippen LogP contribution in [0.5, 0.6) is 0 Å². The summed E-state index contributed by atoms with van der Waals surface area (Å²) in [5.74, 6) is -2.21. The van der Waals surface area contributed by atoms with Crippen molar-refractivity contribution in [3.8, 4) is 0 Å². The number of benzene rings is 2. The summed E-state index contributed by atoms with van der Waals surface area (Å²) in [6.07, 6.45) is 0. The van der Waals surface area contributed by atoms with Gasteiger partial charge in [0.15, 0.2) is 0 Å². The Balaban J connectivity index is 1.99. The number of carbonyl (C=O) groups is 1. The molecule has 0 unspecified atom stereocenters. The lowest BCUT2D eigenvalue weighted by Gasteiger charge is -2.16. The van der Waals surface area contributed by atoms with Crippen molar-refractivity contribution in [2.24, 2.45) is 0 Å². The van der Waals surface area contributed by atoms with Crippen molar-refractivity contribution in [2.45, 2.75) is 0 Å². The van der Waals surface area contributed by atoms with Gasteiger partial charge < -0.3 is 15.7 Å². The minimum Gasteiger partial charge on any atom is -0.478 e. The zero-order valence-corrected chi connectivity index (χ0v) is 14.1. The Kier molecular flexibility index (Phi) is 4.37. The van der Waals surface area contributed by atoms with E-state index in [9.17, 15) is 18.8 Å². The topological polar surface area (TPSA) is 95.5 Å². The number of rotatable bonds is 5. The summed E-state index contributed by atoms with van der Waals surface area (Å²) in [4.78, 5) is 34.9. The molecule has 3 aromatic rings. The highest BCUT2D eigenvalue weighted by molar-refractivity contribution is 9.10. The summed E-state index contributed by atoms with van der Waals surface area (Å²) >= 11 is 3.28. The van der Waals surface area contributed by atoms with Gasteiger partial charge in [-0.2, -0.15) is 0 Å². The van der Waals surface area contributed by atoms with Crippen molar-refractivity contribution < 1.29 is 14.3 Å². The predicted octanol–water partition coefficient (Wildman–Crippen LogP) is 3.37. The highest BCUT2D eigenvalue weighted by atomic mass is 79.9. The molecule has 25 heavy (non-hydrogen) atoms. The molecule has 8 heteroatoms. The first-order valence-electron chi connectivity index (χ1n) is 7.03. The number of carboxylic acid groups (broad SMARTS) is 1. The molecule has 6 nitrogen and oxygen atoms in total. The minimum atomic E-state index is -1.36. The van der Waals surface area contributed by atoms with E-state index in [2.05, 4.69) is 26.6 Å². The van der Waals surface area contributed by atoms with Crippen molar-refractivity contribution in [1.82, 2.24) is 0 Å². The lowest BCUT2D eigenvalue weighted by atomic mass is 10.1. The van der Waals surface area contributed by atoms with Gasteiger partial charge in [-0.3, -0.25) is 9.59 Å². The zero-order chi connectivity index (χ0) is 18.1. The van der Waals surface area contributed by atoms with Crippen LogP contribution in [0.3, 0.4) is 0 Å². The van der Waals surface area contributed by atoms with E-state index in [4.69, 9.17) is 5.11 Å². The van der Waals surface area contributed by atoms with Crippen molar-refractivity contribution in [3.63, 3.8) is 0 Å². The Hall–Kier alpha value is -3.00. The predicted molar refractivity (Wildman–Crippen MR) is 95.4 cm³/mol. The highest BCUT2D eigenvalue weighted by Crippen LogP contribution is 2.28. The van der Waals surface area contributed by atoms with Gasteiger partial charge in [-0.05, 0) is 30.3 Å². The number of hydrogen-bond acceptors (Lipinski definition) is 5. The molecule has 0 aliphatic carbocycles. The summed E-state index contributed by atoms with van der Waals surface area (Å²) < 4.78 is 14.7. The van der Waals surface area contributed by atoms with Crippen LogP contribution in [-0.4, -0.2) is 11.1 Å². The number of anilines is 4. The van der Waals surface area contributed by atoms with Gasteiger partial charge in [0.05, 0.1) is 11.3 Å². The van der Waals surface area contributed by atoms with E-state index >= 15 is 0 Å². The van der Waals surface area contributed by atoms with Crippen LogP contribution in [0.15, 0.2) is 56.5 Å². The molecule has 0 atom stereocenters. The molecule has 0 bridgehead atoms. The number of aromatic carboxylic acids is 1. The molecule has 0 aromatic heterocycles. The average Bonchev–Trinajstić information content (AvgIpc) is 2.58. The van der Waals surface area contributed by atoms with E-state index < -0.39 is 22.6 Å². The van der Waals surface area contributed by atoms with Crippen molar-refractivity contribution in [2.75, 3.05) is 10.6 Å². The van der Waals surface area contributed by atoms with Crippen LogP contribution < -0.4 is 21.5 Å². The van der Waals surface area contributed by atoms with Crippen molar-refractivity contribution in [1.29, 1.82) is 0 Å². The molecule has 0 heterocycles. The molecular formula is C17H10BrFN2O4. The first kappa shape index (κ1) is 16.8. The fourth-order valence-corrected chi connectivity index (χ4v) is 2.69. The van der Waals surface area contributed by atoms with E-state index in [0.29, 0.717) is 5.69 Å². The summed E-state index contributed by atoms with van der Waals surface area (Å²) in [7, 11) is 0. The second-order valence-corrected chi connectivity index (χ2v) is 6.05. The van der Waals surface area contributed by atoms with Gasteiger partial charge in [0.1, 0.15) is 17.2 Å². The summed E-state index contributed by atoms with van der Waals surface area (Å²) in [6, 6.07) is 10.4. The van der Waals surface area contributed by atoms with Gasteiger partial charge in [-0.25, -0.2) is 9.18 Å². The first-order valence-corrected chi connectivity index (χ1v) is 7.82. The molecule has 126 valence electrons. The Morgan fingerprint density at radius 3 is 2.24 bits per heavy atom. The first-order chi connectivity index (χ1) is 11.9. The normalized spacial score (nSPS) is 10.6. The Bertz CT molecular complexity index is 1060. The highest BCUT2D eigenvalue weighted by Gasteiger charge is 2.24. The molecule has 0 amide bonds. The van der Waals surface area contributed by atoms with Crippen LogP contribution in [-0.2, 0) is 0 Å². The molecule has 3 rings (SSSR count). The molecule has 3 aromatic carbocycles. The number of para-hydroxylation sites is 1. The van der Waals surface area contributed by atoms with Gasteiger partial charge >= 0.3 is 5.97 Å². The van der Waals surface area contributed by atoms with Crippen LogP contribution >= 0.6 is 15.9 Å². The number of carboxylic acids is 1. The quantitative estimate of drug-likeness (QED) is 0.564. The second-order valence-electron chi connectivity index (χ2n) is 5.14. The van der Waals surface area contributed by atoms with Crippen LogP contribution in [0.4, 0.5) is 27.1 Å². The molecule has 0 saturated carbocycles.